The summed E-state index contributed by atoms with van der Waals surface area (Å²) < 4.78 is 6.90. The van der Waals surface area contributed by atoms with Crippen molar-refractivity contribution in [2.24, 2.45) is 0 Å². The molecule has 1 aromatic carbocycles. The zero-order chi connectivity index (χ0) is 22.6. The number of hydrogen-bond acceptors (Lipinski definition) is 2. The van der Waals surface area contributed by atoms with Crippen molar-refractivity contribution < 1.29 is 14.6 Å². The van der Waals surface area contributed by atoms with Crippen molar-refractivity contribution in [1.29, 1.82) is 0 Å². The Kier molecular flexibility index (Phi) is 17.7. The molecule has 0 bridgehead atoms. The van der Waals surface area contributed by atoms with Gasteiger partial charge < -0.3 is 9.84 Å². The summed E-state index contributed by atoms with van der Waals surface area (Å²) >= 11 is 2.24. The van der Waals surface area contributed by atoms with E-state index in [4.69, 9.17) is 9.84 Å². The Balaban J connectivity index is 1.91. The van der Waals surface area contributed by atoms with Gasteiger partial charge in [-0.3, -0.25) is 0 Å². The number of carboxylic acid groups (broad SMARTS) is 1. The quantitative estimate of drug-likeness (QED) is 0.102. The first-order valence-electron chi connectivity index (χ1n) is 12.5. The molecule has 0 saturated carbocycles. The number of carboxylic acids is 1. The second-order valence-corrected chi connectivity index (χ2v) is 9.68. The van der Waals surface area contributed by atoms with Crippen molar-refractivity contribution in [3.63, 3.8) is 0 Å². The third kappa shape index (κ3) is 16.3. The molecule has 176 valence electrons. The predicted molar refractivity (Wildman–Crippen MR) is 141 cm³/mol. The van der Waals surface area contributed by atoms with Crippen LogP contribution in [-0.2, 0) is 4.79 Å². The van der Waals surface area contributed by atoms with Gasteiger partial charge in [0.15, 0.2) is 0 Å². The van der Waals surface area contributed by atoms with Gasteiger partial charge in [0, 0.05) is 6.08 Å². The molecule has 1 N–H and O–H groups in total. The molecule has 0 radical (unpaired) electrons. The lowest BCUT2D eigenvalue weighted by atomic mass is 10.0. The van der Waals surface area contributed by atoms with Crippen molar-refractivity contribution in [3.8, 4) is 5.75 Å². The molecule has 0 atom stereocenters. The van der Waals surface area contributed by atoms with Gasteiger partial charge >= 0.3 is 5.97 Å². The topological polar surface area (TPSA) is 46.5 Å². The number of halogens is 1. The van der Waals surface area contributed by atoms with Crippen LogP contribution in [0, 0.1) is 3.57 Å². The molecule has 0 aliphatic carbocycles. The molecule has 0 saturated heterocycles. The number of unbranched alkanes of at least 4 members (excludes halogenated alkanes) is 15. The fourth-order valence-corrected chi connectivity index (χ4v) is 4.43. The number of benzene rings is 1. The molecule has 0 amide bonds. The normalized spacial score (nSPS) is 11.3. The van der Waals surface area contributed by atoms with Crippen LogP contribution < -0.4 is 4.74 Å². The summed E-state index contributed by atoms with van der Waals surface area (Å²) in [7, 11) is 0. The van der Waals surface area contributed by atoms with E-state index < -0.39 is 5.97 Å². The first-order valence-corrected chi connectivity index (χ1v) is 13.5. The number of ether oxygens (including phenoxy) is 1. The molecule has 0 spiro atoms. The Hall–Kier alpha value is -1.04. The van der Waals surface area contributed by atoms with E-state index in [1.807, 2.05) is 18.2 Å². The summed E-state index contributed by atoms with van der Waals surface area (Å²) in [5.74, 6) is -0.0483. The van der Waals surface area contributed by atoms with Crippen molar-refractivity contribution in [1.82, 2.24) is 0 Å². The van der Waals surface area contributed by atoms with E-state index in [9.17, 15) is 4.79 Å². The van der Waals surface area contributed by atoms with Crippen molar-refractivity contribution in [2.45, 2.75) is 110 Å². The minimum atomic E-state index is -0.932. The summed E-state index contributed by atoms with van der Waals surface area (Å²) in [6, 6.07) is 5.77. The van der Waals surface area contributed by atoms with Crippen LogP contribution in [0.1, 0.15) is 115 Å². The van der Waals surface area contributed by atoms with E-state index in [1.165, 1.54) is 96.3 Å². The van der Waals surface area contributed by atoms with Crippen molar-refractivity contribution in [2.75, 3.05) is 6.61 Å². The fraction of sp³-hybridized carbons (Fsp3) is 0.667. The van der Waals surface area contributed by atoms with Crippen molar-refractivity contribution in [3.05, 3.63) is 33.4 Å². The van der Waals surface area contributed by atoms with Gasteiger partial charge in [-0.05, 0) is 52.8 Å². The van der Waals surface area contributed by atoms with E-state index in [1.54, 1.807) is 6.08 Å². The summed E-state index contributed by atoms with van der Waals surface area (Å²) in [6.07, 6.45) is 24.7. The average molecular weight is 543 g/mol. The van der Waals surface area contributed by atoms with Gasteiger partial charge in [-0.25, -0.2) is 4.79 Å². The van der Waals surface area contributed by atoms with Gasteiger partial charge in [-0.15, -0.1) is 0 Å². The van der Waals surface area contributed by atoms with Gasteiger partial charge in [-0.1, -0.05) is 109 Å². The predicted octanol–water partition coefficient (Wildman–Crippen LogP) is 9.03. The van der Waals surface area contributed by atoms with E-state index in [2.05, 4.69) is 29.5 Å². The zero-order valence-corrected chi connectivity index (χ0v) is 21.7. The monoisotopic (exact) mass is 542 g/mol. The smallest absolute Gasteiger partial charge is 0.328 e. The molecule has 0 fully saturated rings. The fourth-order valence-electron chi connectivity index (χ4n) is 3.74. The highest BCUT2D eigenvalue weighted by molar-refractivity contribution is 14.1. The number of aliphatic carboxylic acids is 1. The Morgan fingerprint density at radius 3 is 1.77 bits per heavy atom. The lowest BCUT2D eigenvalue weighted by molar-refractivity contribution is -0.131. The van der Waals surface area contributed by atoms with Crippen LogP contribution in [0.3, 0.4) is 0 Å². The Morgan fingerprint density at radius 1 is 0.839 bits per heavy atom. The van der Waals surface area contributed by atoms with Gasteiger partial charge in [0.25, 0.3) is 0 Å². The maximum Gasteiger partial charge on any atom is 0.328 e. The van der Waals surface area contributed by atoms with Gasteiger partial charge in [-0.2, -0.15) is 0 Å². The summed E-state index contributed by atoms with van der Waals surface area (Å²) in [5, 5.41) is 8.70. The number of carbonyl (C=O) groups is 1. The molecule has 1 rings (SSSR count). The minimum Gasteiger partial charge on any atom is -0.492 e. The van der Waals surface area contributed by atoms with E-state index in [-0.39, 0.29) is 0 Å². The maximum absolute atomic E-state index is 10.6. The van der Waals surface area contributed by atoms with Gasteiger partial charge in [0.2, 0.25) is 0 Å². The van der Waals surface area contributed by atoms with Crippen LogP contribution in [0.2, 0.25) is 0 Å². The molecular weight excluding hydrogens is 499 g/mol. The molecule has 1 aromatic rings. The third-order valence-electron chi connectivity index (χ3n) is 5.63. The second kappa shape index (κ2) is 19.6. The van der Waals surface area contributed by atoms with Crippen LogP contribution in [0.5, 0.6) is 5.75 Å². The third-order valence-corrected chi connectivity index (χ3v) is 6.47. The second-order valence-electron chi connectivity index (χ2n) is 8.51. The van der Waals surface area contributed by atoms with Crippen molar-refractivity contribution >= 4 is 34.6 Å². The molecule has 3 nitrogen and oxygen atoms in total. The molecular formula is C27H43IO3. The molecule has 31 heavy (non-hydrogen) atoms. The Labute approximate surface area is 204 Å². The van der Waals surface area contributed by atoms with Crippen LogP contribution in [-0.4, -0.2) is 17.7 Å². The number of rotatable bonds is 20. The SMILES string of the molecule is CCCCCCCCCCCCCCCCCCOc1ccc(C=CC(=O)O)cc1I. The van der Waals surface area contributed by atoms with Gasteiger partial charge in [0.05, 0.1) is 10.2 Å². The van der Waals surface area contributed by atoms with Gasteiger partial charge in [0.1, 0.15) is 5.75 Å². The molecule has 4 heteroatoms. The summed E-state index contributed by atoms with van der Waals surface area (Å²) in [4.78, 5) is 10.6. The van der Waals surface area contributed by atoms with Crippen LogP contribution in [0.4, 0.5) is 0 Å². The number of hydrogen-bond donors (Lipinski definition) is 1. The molecule has 0 aromatic heterocycles. The lowest BCUT2D eigenvalue weighted by Gasteiger charge is -2.09. The van der Waals surface area contributed by atoms with Crippen LogP contribution in [0.15, 0.2) is 24.3 Å². The molecule has 0 aliphatic rings. The largest absolute Gasteiger partial charge is 0.492 e. The molecule has 0 heterocycles. The lowest BCUT2D eigenvalue weighted by Crippen LogP contribution is -1.99. The molecule has 0 unspecified atom stereocenters. The first-order chi connectivity index (χ1) is 15.1. The first kappa shape index (κ1) is 28.0. The zero-order valence-electron chi connectivity index (χ0n) is 19.5. The highest BCUT2D eigenvalue weighted by Gasteiger charge is 2.02. The standard InChI is InChI=1S/C27H43IO3/c1-2-3-4-5-6-7-8-9-10-11-12-13-14-15-16-17-22-31-26-20-18-24(23-25(26)28)19-21-27(29)30/h18-21,23H,2-17,22H2,1H3,(H,29,30). The Bertz CT molecular complexity index is 612. The van der Waals surface area contributed by atoms with Crippen LogP contribution >= 0.6 is 22.6 Å². The average Bonchev–Trinajstić information content (AvgIpc) is 2.75. The highest BCUT2D eigenvalue weighted by Crippen LogP contribution is 2.23. The van der Waals surface area contributed by atoms with E-state index in [0.29, 0.717) is 0 Å². The highest BCUT2D eigenvalue weighted by atomic mass is 127. The van der Waals surface area contributed by atoms with E-state index >= 15 is 0 Å². The summed E-state index contributed by atoms with van der Waals surface area (Å²) in [5.41, 5.74) is 0.876. The Morgan fingerprint density at radius 2 is 1.32 bits per heavy atom. The summed E-state index contributed by atoms with van der Waals surface area (Å²) in [6.45, 7) is 3.03. The van der Waals surface area contributed by atoms with Crippen LogP contribution in [0.25, 0.3) is 6.08 Å². The van der Waals surface area contributed by atoms with E-state index in [0.717, 1.165) is 34.0 Å². The molecule has 0 aliphatic heterocycles. The maximum atomic E-state index is 10.6. The minimum absolute atomic E-state index is 0.749.